The number of likely N-dealkylation sites (tertiary alicyclic amines) is 1. The van der Waals surface area contributed by atoms with E-state index in [2.05, 4.69) is 31.1 Å². The van der Waals surface area contributed by atoms with Crippen LogP contribution in [0.5, 0.6) is 0 Å². The van der Waals surface area contributed by atoms with Gasteiger partial charge in [-0.1, -0.05) is 18.1 Å². The highest BCUT2D eigenvalue weighted by Crippen LogP contribution is 2.42. The molecule has 312 valence electrons. The number of nitrogens with two attached hydrogens (primary N) is 1. The van der Waals surface area contributed by atoms with E-state index in [4.69, 9.17) is 31.5 Å². The second-order valence-electron chi connectivity index (χ2n) is 15.8. The highest BCUT2D eigenvalue weighted by Gasteiger charge is 2.47. The second kappa shape index (κ2) is 22.5. The highest BCUT2D eigenvalue weighted by atomic mass is 35.5. The van der Waals surface area contributed by atoms with Gasteiger partial charge in [-0.2, -0.15) is 18.3 Å². The number of carbonyl (C=O) groups excluding carboxylic acids is 2. The number of halogens is 4. The molecule has 0 radical (unpaired) electrons. The predicted octanol–water partition coefficient (Wildman–Crippen LogP) is 4.46. The first kappa shape index (κ1) is 43.7. The molecule has 13 nitrogen and oxygen atoms in total. The molecular formula is C38H62ClF3N8O5. The van der Waals surface area contributed by atoms with Crippen molar-refractivity contribution in [2.45, 2.75) is 120 Å². The van der Waals surface area contributed by atoms with Crippen LogP contribution < -0.4 is 16.5 Å². The lowest BCUT2D eigenvalue weighted by atomic mass is 9.78. The zero-order valence-electron chi connectivity index (χ0n) is 32.1. The summed E-state index contributed by atoms with van der Waals surface area (Å²) in [5.74, 6) is -2.71. The molecule has 8 unspecified atom stereocenters. The summed E-state index contributed by atoms with van der Waals surface area (Å²) in [6.07, 6.45) is 9.36. The van der Waals surface area contributed by atoms with E-state index in [0.717, 1.165) is 63.7 Å². The molecule has 0 bridgehead atoms. The smallest absolute Gasteiger partial charge is 0.379 e. The summed E-state index contributed by atoms with van der Waals surface area (Å²) in [6.45, 7) is 6.23. The molecular weight excluding hydrogens is 741 g/mol. The van der Waals surface area contributed by atoms with Gasteiger partial charge in [0.1, 0.15) is 0 Å². The summed E-state index contributed by atoms with van der Waals surface area (Å²) in [5, 5.41) is 15.1. The summed E-state index contributed by atoms with van der Waals surface area (Å²) >= 11 is 6.01. The molecule has 4 aliphatic rings. The number of alkyl halides is 4. The van der Waals surface area contributed by atoms with Gasteiger partial charge in [0, 0.05) is 55.3 Å². The minimum absolute atomic E-state index is 0.0213. The molecule has 5 rings (SSSR count). The predicted molar refractivity (Wildman–Crippen MR) is 202 cm³/mol. The fourth-order valence-electron chi connectivity index (χ4n) is 8.76. The van der Waals surface area contributed by atoms with E-state index in [9.17, 15) is 22.8 Å². The Morgan fingerprint density at radius 2 is 1.65 bits per heavy atom. The number of nitrogens with zero attached hydrogens (tertiary/aromatic N) is 5. The number of hydrogen-bond acceptors (Lipinski definition) is 10. The number of hydrazone groups is 1. The Balaban J connectivity index is 1.09. The average molecular weight is 803 g/mol. The Labute approximate surface area is 328 Å². The SMILES string of the molecule is NCCOCCOCCOCCc1cn(CC2CCCC(C(=O)NC3CCC(N4CCCCC4)CC3C(=O)N/N=C/C3CCC(Cl)C(C(F)(F)F)C3)C2)nn1. The third-order valence-electron chi connectivity index (χ3n) is 11.8. The largest absolute Gasteiger partial charge is 0.393 e. The number of carbonyl (C=O) groups is 2. The van der Waals surface area contributed by atoms with Crippen LogP contribution in [-0.2, 0) is 36.8 Å². The summed E-state index contributed by atoms with van der Waals surface area (Å²) in [6, 6.07) is -0.100. The summed E-state index contributed by atoms with van der Waals surface area (Å²) in [4.78, 5) is 30.0. The summed E-state index contributed by atoms with van der Waals surface area (Å²) < 4.78 is 58.8. The second-order valence-corrected chi connectivity index (χ2v) is 16.4. The third-order valence-corrected chi connectivity index (χ3v) is 12.3. The molecule has 17 heteroatoms. The van der Waals surface area contributed by atoms with E-state index in [0.29, 0.717) is 78.4 Å². The van der Waals surface area contributed by atoms with Crippen molar-refractivity contribution in [2.24, 2.45) is 40.4 Å². The first-order valence-corrected chi connectivity index (χ1v) is 20.9. The Kier molecular flexibility index (Phi) is 17.9. The molecule has 1 aliphatic heterocycles. The maximum Gasteiger partial charge on any atom is 0.393 e. The number of piperidine rings is 1. The van der Waals surface area contributed by atoms with Gasteiger partial charge in [0.25, 0.3) is 0 Å². The van der Waals surface area contributed by atoms with Gasteiger partial charge >= 0.3 is 6.18 Å². The Bertz CT molecular complexity index is 1340. The van der Waals surface area contributed by atoms with Crippen molar-refractivity contribution in [1.29, 1.82) is 0 Å². The van der Waals surface area contributed by atoms with E-state index in [1.54, 1.807) is 0 Å². The van der Waals surface area contributed by atoms with Crippen LogP contribution in [0.15, 0.2) is 11.3 Å². The molecule has 8 atom stereocenters. The van der Waals surface area contributed by atoms with Crippen LogP contribution in [-0.4, -0.2) is 121 Å². The Morgan fingerprint density at radius 3 is 2.40 bits per heavy atom. The third kappa shape index (κ3) is 14.2. The van der Waals surface area contributed by atoms with Gasteiger partial charge in [0.2, 0.25) is 11.8 Å². The number of rotatable bonds is 19. The van der Waals surface area contributed by atoms with Gasteiger partial charge in [-0.15, -0.1) is 16.7 Å². The Hall–Kier alpha value is -2.37. The van der Waals surface area contributed by atoms with E-state index in [1.165, 1.54) is 12.6 Å². The molecule has 1 aromatic rings. The van der Waals surface area contributed by atoms with Gasteiger partial charge < -0.3 is 30.2 Å². The van der Waals surface area contributed by atoms with Gasteiger partial charge in [-0.3, -0.25) is 14.3 Å². The van der Waals surface area contributed by atoms with Gasteiger partial charge in [0.05, 0.1) is 57.2 Å². The standard InChI is InChI=1S/C38H62ClF3N8O5/c39-34-9-7-27(22-33(34)38(40,41)42)24-44-47-37(52)32-23-31(49-13-2-1-3-14-49)8-10-35(32)45-36(51)29-6-4-5-28(21-29)25-50-26-30(46-48-50)11-15-53-17-19-55-20-18-54-16-12-43/h24,26-29,31-35H,1-23,25,43H2,(H,45,51)(H,47,52)/b44-24+. The minimum Gasteiger partial charge on any atom is -0.379 e. The first-order chi connectivity index (χ1) is 26.6. The normalized spacial score (nSPS) is 29.7. The van der Waals surface area contributed by atoms with E-state index in [1.807, 2.05) is 10.9 Å². The van der Waals surface area contributed by atoms with Crippen LogP contribution in [0.1, 0.15) is 89.2 Å². The number of ether oxygens (including phenoxy) is 3. The molecule has 55 heavy (non-hydrogen) atoms. The number of amides is 2. The molecule has 4 N–H and O–H groups in total. The van der Waals surface area contributed by atoms with Crippen molar-refractivity contribution in [1.82, 2.24) is 30.6 Å². The molecule has 2 heterocycles. The van der Waals surface area contributed by atoms with Crippen LogP contribution in [0.3, 0.4) is 0 Å². The molecule has 3 saturated carbocycles. The maximum atomic E-state index is 13.8. The highest BCUT2D eigenvalue weighted by molar-refractivity contribution is 6.20. The molecule has 4 fully saturated rings. The topological polar surface area (TPSA) is 158 Å². The van der Waals surface area contributed by atoms with Crippen molar-refractivity contribution in [3.8, 4) is 0 Å². The van der Waals surface area contributed by atoms with Crippen molar-refractivity contribution in [2.75, 3.05) is 59.3 Å². The van der Waals surface area contributed by atoms with E-state index < -0.39 is 29.3 Å². The minimum atomic E-state index is -4.37. The fraction of sp³-hybridized carbons (Fsp3) is 0.868. The maximum absolute atomic E-state index is 13.8. The van der Waals surface area contributed by atoms with Crippen molar-refractivity contribution in [3.05, 3.63) is 11.9 Å². The van der Waals surface area contributed by atoms with E-state index in [-0.39, 0.29) is 48.6 Å². The lowest BCUT2D eigenvalue weighted by Gasteiger charge is -2.42. The van der Waals surface area contributed by atoms with Crippen molar-refractivity contribution >= 4 is 29.6 Å². The number of nitrogens with one attached hydrogen (secondary N) is 2. The molecule has 3 aliphatic carbocycles. The quantitative estimate of drug-likeness (QED) is 0.0795. The van der Waals surface area contributed by atoms with Gasteiger partial charge in [-0.25, -0.2) is 5.43 Å². The zero-order chi connectivity index (χ0) is 39.0. The number of aromatic nitrogens is 3. The van der Waals surface area contributed by atoms with Gasteiger partial charge in [0.15, 0.2) is 0 Å². The molecule has 2 amide bonds. The Morgan fingerprint density at radius 1 is 0.909 bits per heavy atom. The summed E-state index contributed by atoms with van der Waals surface area (Å²) in [7, 11) is 0. The molecule has 0 spiro atoms. The monoisotopic (exact) mass is 802 g/mol. The molecule has 1 saturated heterocycles. The van der Waals surface area contributed by atoms with Crippen molar-refractivity contribution < 1.29 is 37.0 Å². The average Bonchev–Trinajstić information content (AvgIpc) is 3.63. The molecule has 0 aromatic carbocycles. The van der Waals surface area contributed by atoms with Crippen molar-refractivity contribution in [3.63, 3.8) is 0 Å². The van der Waals surface area contributed by atoms with E-state index >= 15 is 0 Å². The van der Waals surface area contributed by atoms with Gasteiger partial charge in [-0.05, 0) is 95.6 Å². The fourth-order valence-corrected chi connectivity index (χ4v) is 9.13. The lowest BCUT2D eigenvalue weighted by Crippen LogP contribution is -2.54. The van der Waals surface area contributed by atoms with Crippen LogP contribution in [0.4, 0.5) is 13.2 Å². The van der Waals surface area contributed by atoms with Crippen LogP contribution in [0.25, 0.3) is 0 Å². The zero-order valence-corrected chi connectivity index (χ0v) is 32.9. The lowest BCUT2D eigenvalue weighted by molar-refractivity contribution is -0.182. The van der Waals surface area contributed by atoms with Crippen LogP contribution in [0.2, 0.25) is 0 Å². The molecule has 1 aromatic heterocycles. The van der Waals surface area contributed by atoms with Crippen LogP contribution >= 0.6 is 11.6 Å². The number of hydrogen-bond donors (Lipinski definition) is 3. The van der Waals surface area contributed by atoms with Crippen LogP contribution in [0, 0.1) is 29.6 Å². The summed E-state index contributed by atoms with van der Waals surface area (Å²) in [5.41, 5.74) is 8.89. The first-order valence-electron chi connectivity index (χ1n) is 20.5.